The third-order valence-electron chi connectivity index (χ3n) is 4.76. The summed E-state index contributed by atoms with van der Waals surface area (Å²) in [4.78, 5) is 16.6. The number of rotatable bonds is 6. The van der Waals surface area contributed by atoms with Crippen molar-refractivity contribution in [1.29, 1.82) is 0 Å². The SMILES string of the molecule is CCCn1cc(CN2CCCN(C(=O)Nc3ccc(OC(F)(F)F)cc3)CC2)cn1. The van der Waals surface area contributed by atoms with Gasteiger partial charge in [-0.2, -0.15) is 5.10 Å². The lowest BCUT2D eigenvalue weighted by molar-refractivity contribution is -0.274. The first kappa shape index (κ1) is 21.9. The smallest absolute Gasteiger partial charge is 0.406 e. The van der Waals surface area contributed by atoms with Gasteiger partial charge in [0.15, 0.2) is 0 Å². The predicted octanol–water partition coefficient (Wildman–Crippen LogP) is 3.93. The monoisotopic (exact) mass is 425 g/mol. The number of alkyl halides is 3. The number of benzene rings is 1. The molecule has 2 amide bonds. The maximum atomic E-state index is 12.5. The molecule has 1 aliphatic heterocycles. The minimum Gasteiger partial charge on any atom is -0.406 e. The van der Waals surface area contributed by atoms with Gasteiger partial charge in [-0.25, -0.2) is 4.79 Å². The van der Waals surface area contributed by atoms with E-state index in [0.29, 0.717) is 18.8 Å². The Morgan fingerprint density at radius 3 is 2.63 bits per heavy atom. The van der Waals surface area contributed by atoms with E-state index in [-0.39, 0.29) is 11.8 Å². The van der Waals surface area contributed by atoms with Gasteiger partial charge in [-0.05, 0) is 37.1 Å². The van der Waals surface area contributed by atoms with Crippen LogP contribution in [-0.4, -0.2) is 58.2 Å². The highest BCUT2D eigenvalue weighted by atomic mass is 19.4. The van der Waals surface area contributed by atoms with Crippen LogP contribution in [0.25, 0.3) is 0 Å². The molecule has 3 rings (SSSR count). The standard InChI is InChI=1S/C20H26F3N5O2/c1-2-8-28-15-16(13-24-28)14-26-9-3-10-27(12-11-26)19(29)25-17-4-6-18(7-5-17)30-20(21,22)23/h4-7,13,15H,2-3,8-12,14H2,1H3,(H,25,29). The Morgan fingerprint density at radius 1 is 1.17 bits per heavy atom. The number of nitrogens with zero attached hydrogens (tertiary/aromatic N) is 4. The van der Waals surface area contributed by atoms with Crippen LogP contribution >= 0.6 is 0 Å². The van der Waals surface area contributed by atoms with Crippen LogP contribution in [0.1, 0.15) is 25.3 Å². The third kappa shape index (κ3) is 6.65. The fourth-order valence-electron chi connectivity index (χ4n) is 3.37. The van der Waals surface area contributed by atoms with E-state index in [1.807, 2.05) is 10.9 Å². The lowest BCUT2D eigenvalue weighted by Crippen LogP contribution is -2.38. The first-order valence-electron chi connectivity index (χ1n) is 9.98. The van der Waals surface area contributed by atoms with Crippen molar-refractivity contribution < 1.29 is 22.7 Å². The Labute approximate surface area is 173 Å². The molecule has 0 spiro atoms. The van der Waals surface area contributed by atoms with Crippen LogP contribution in [0.4, 0.5) is 23.7 Å². The largest absolute Gasteiger partial charge is 0.573 e. The van der Waals surface area contributed by atoms with Crippen LogP contribution in [0.5, 0.6) is 5.75 Å². The van der Waals surface area contributed by atoms with Crippen molar-refractivity contribution in [3.8, 4) is 5.75 Å². The van der Waals surface area contributed by atoms with Gasteiger partial charge < -0.3 is 15.0 Å². The molecule has 10 heteroatoms. The molecule has 1 aromatic carbocycles. The van der Waals surface area contributed by atoms with Gasteiger partial charge in [0.1, 0.15) is 5.75 Å². The lowest BCUT2D eigenvalue weighted by Gasteiger charge is -2.22. The van der Waals surface area contributed by atoms with Crippen molar-refractivity contribution in [1.82, 2.24) is 19.6 Å². The second-order valence-electron chi connectivity index (χ2n) is 7.23. The van der Waals surface area contributed by atoms with E-state index in [1.165, 1.54) is 24.3 Å². The number of hydrogen-bond donors (Lipinski definition) is 1. The predicted molar refractivity (Wildman–Crippen MR) is 106 cm³/mol. The molecule has 0 bridgehead atoms. The van der Waals surface area contributed by atoms with Gasteiger partial charge >= 0.3 is 12.4 Å². The highest BCUT2D eigenvalue weighted by Crippen LogP contribution is 2.24. The van der Waals surface area contributed by atoms with E-state index in [2.05, 4.69) is 33.2 Å². The zero-order chi connectivity index (χ0) is 21.6. The first-order chi connectivity index (χ1) is 14.3. The van der Waals surface area contributed by atoms with E-state index in [4.69, 9.17) is 0 Å². The Balaban J connectivity index is 1.49. The van der Waals surface area contributed by atoms with Gasteiger partial charge in [0.2, 0.25) is 0 Å². The van der Waals surface area contributed by atoms with Gasteiger partial charge in [0, 0.05) is 56.7 Å². The van der Waals surface area contributed by atoms with Crippen LogP contribution in [0.3, 0.4) is 0 Å². The average Bonchev–Trinajstić information content (AvgIpc) is 2.98. The van der Waals surface area contributed by atoms with Crippen LogP contribution in [0, 0.1) is 0 Å². The van der Waals surface area contributed by atoms with Crippen LogP contribution in [0.2, 0.25) is 0 Å². The summed E-state index contributed by atoms with van der Waals surface area (Å²) in [5, 5.41) is 7.08. The number of carbonyl (C=O) groups is 1. The summed E-state index contributed by atoms with van der Waals surface area (Å²) in [6, 6.07) is 4.85. The number of halogens is 3. The van der Waals surface area contributed by atoms with Gasteiger partial charge in [-0.15, -0.1) is 13.2 Å². The normalized spacial score (nSPS) is 15.7. The molecule has 0 aliphatic carbocycles. The highest BCUT2D eigenvalue weighted by Gasteiger charge is 2.31. The summed E-state index contributed by atoms with van der Waals surface area (Å²) >= 11 is 0. The van der Waals surface area contributed by atoms with E-state index in [0.717, 1.165) is 44.6 Å². The zero-order valence-electron chi connectivity index (χ0n) is 16.9. The molecule has 7 nitrogen and oxygen atoms in total. The number of carbonyl (C=O) groups excluding carboxylic acids is 1. The number of anilines is 1. The number of amides is 2. The van der Waals surface area contributed by atoms with Crippen molar-refractivity contribution in [2.24, 2.45) is 0 Å². The first-order valence-corrected chi connectivity index (χ1v) is 9.98. The minimum absolute atomic E-state index is 0.267. The van der Waals surface area contributed by atoms with Crippen molar-refractivity contribution >= 4 is 11.7 Å². The summed E-state index contributed by atoms with van der Waals surface area (Å²) in [5.41, 5.74) is 1.57. The van der Waals surface area contributed by atoms with E-state index in [1.54, 1.807) is 4.90 Å². The Morgan fingerprint density at radius 2 is 1.93 bits per heavy atom. The van der Waals surface area contributed by atoms with Gasteiger partial charge in [-0.1, -0.05) is 6.92 Å². The molecular formula is C20H26F3N5O2. The van der Waals surface area contributed by atoms with E-state index in [9.17, 15) is 18.0 Å². The summed E-state index contributed by atoms with van der Waals surface area (Å²) in [6.45, 7) is 6.62. The average molecular weight is 425 g/mol. The summed E-state index contributed by atoms with van der Waals surface area (Å²) in [5.74, 6) is -0.326. The van der Waals surface area contributed by atoms with Crippen LogP contribution < -0.4 is 10.1 Å². The second kappa shape index (κ2) is 9.84. The molecule has 164 valence electrons. The Kier molecular flexibility index (Phi) is 7.20. The third-order valence-corrected chi connectivity index (χ3v) is 4.76. The van der Waals surface area contributed by atoms with Crippen molar-refractivity contribution in [3.05, 3.63) is 42.2 Å². The molecule has 1 aliphatic rings. The van der Waals surface area contributed by atoms with E-state index >= 15 is 0 Å². The fraction of sp³-hybridized carbons (Fsp3) is 0.500. The molecular weight excluding hydrogens is 399 g/mol. The highest BCUT2D eigenvalue weighted by molar-refractivity contribution is 5.89. The topological polar surface area (TPSA) is 62.6 Å². The minimum atomic E-state index is -4.74. The molecule has 0 atom stereocenters. The van der Waals surface area contributed by atoms with Crippen molar-refractivity contribution in [2.45, 2.75) is 39.2 Å². The molecule has 2 heterocycles. The number of aryl methyl sites for hydroxylation is 1. The van der Waals surface area contributed by atoms with Crippen LogP contribution in [-0.2, 0) is 13.1 Å². The number of aromatic nitrogens is 2. The summed E-state index contributed by atoms with van der Waals surface area (Å²) in [6.07, 6.45) is 1.08. The molecule has 0 radical (unpaired) electrons. The molecule has 1 N–H and O–H groups in total. The Hall–Kier alpha value is -2.75. The van der Waals surface area contributed by atoms with Crippen molar-refractivity contribution in [3.63, 3.8) is 0 Å². The van der Waals surface area contributed by atoms with Gasteiger partial charge in [-0.3, -0.25) is 9.58 Å². The molecule has 1 saturated heterocycles. The van der Waals surface area contributed by atoms with Crippen molar-refractivity contribution in [2.75, 3.05) is 31.5 Å². The number of hydrogen-bond acceptors (Lipinski definition) is 4. The zero-order valence-corrected chi connectivity index (χ0v) is 16.9. The molecule has 0 saturated carbocycles. The maximum Gasteiger partial charge on any atom is 0.573 e. The summed E-state index contributed by atoms with van der Waals surface area (Å²) < 4.78 is 42.5. The quantitative estimate of drug-likeness (QED) is 0.762. The van der Waals surface area contributed by atoms with Gasteiger partial charge in [0.25, 0.3) is 0 Å². The van der Waals surface area contributed by atoms with E-state index < -0.39 is 6.36 Å². The second-order valence-corrected chi connectivity index (χ2v) is 7.23. The molecule has 30 heavy (non-hydrogen) atoms. The fourth-order valence-corrected chi connectivity index (χ4v) is 3.37. The maximum absolute atomic E-state index is 12.5. The molecule has 1 aromatic heterocycles. The lowest BCUT2D eigenvalue weighted by atomic mass is 10.3. The summed E-state index contributed by atoms with van der Waals surface area (Å²) in [7, 11) is 0. The molecule has 2 aromatic rings. The molecule has 1 fully saturated rings. The molecule has 0 unspecified atom stereocenters. The Bertz CT molecular complexity index is 823. The number of ether oxygens (including phenoxy) is 1. The number of urea groups is 1. The van der Waals surface area contributed by atoms with Gasteiger partial charge in [0.05, 0.1) is 6.20 Å². The van der Waals surface area contributed by atoms with Crippen LogP contribution in [0.15, 0.2) is 36.7 Å². The number of nitrogens with one attached hydrogen (secondary N) is 1.